The van der Waals surface area contributed by atoms with E-state index in [2.05, 4.69) is 64.7 Å². The third-order valence-corrected chi connectivity index (χ3v) is 8.13. The van der Waals surface area contributed by atoms with E-state index >= 15 is 0 Å². The van der Waals surface area contributed by atoms with Crippen LogP contribution < -0.4 is 10.6 Å². The quantitative estimate of drug-likeness (QED) is 0.203. The number of fused-ring (bicyclic) bond motifs is 2. The fourth-order valence-corrected chi connectivity index (χ4v) is 6.08. The van der Waals surface area contributed by atoms with E-state index in [0.29, 0.717) is 18.0 Å². The van der Waals surface area contributed by atoms with E-state index in [-0.39, 0.29) is 5.91 Å². The van der Waals surface area contributed by atoms with Gasteiger partial charge in [-0.2, -0.15) is 16.4 Å². The highest BCUT2D eigenvalue weighted by atomic mass is 32.1. The van der Waals surface area contributed by atoms with Crippen molar-refractivity contribution in [3.05, 3.63) is 71.8 Å². The Balaban J connectivity index is 1.19. The standard InChI is InChI=1S/C30H27N7OS/c38-28(11-18-3-7-31-8-4-18)34-22-12-21(15-32-16-22)19-1-2-26-23(13-19)30(37-36-26)27-14-24-25(35-27)5-9-33-29(24)20-6-10-39-17-20/h1-2,5-6,9-10,12-18,31,35H,3-4,7-8,11H2,(H,34,38)(H,36,37). The van der Waals surface area contributed by atoms with Crippen LogP contribution in [0.15, 0.2) is 71.8 Å². The van der Waals surface area contributed by atoms with Crippen LogP contribution in [0.3, 0.4) is 0 Å². The zero-order valence-electron chi connectivity index (χ0n) is 21.2. The van der Waals surface area contributed by atoms with Gasteiger partial charge in [-0.25, -0.2) is 0 Å². The van der Waals surface area contributed by atoms with E-state index in [0.717, 1.165) is 81.5 Å². The second-order valence-corrected chi connectivity index (χ2v) is 10.8. The van der Waals surface area contributed by atoms with Crippen LogP contribution in [0.2, 0.25) is 0 Å². The summed E-state index contributed by atoms with van der Waals surface area (Å²) >= 11 is 1.66. The van der Waals surface area contributed by atoms with Crippen molar-refractivity contribution in [3.63, 3.8) is 0 Å². The number of hydrogen-bond acceptors (Lipinski definition) is 6. The third-order valence-electron chi connectivity index (χ3n) is 7.45. The Bertz CT molecular complexity index is 1780. The average Bonchev–Trinajstić information content (AvgIpc) is 3.73. The SMILES string of the molecule is O=C(CC1CCNCC1)Nc1cncc(-c2ccc3[nH]nc(-c4cc5c(-c6ccsc6)nccc5[nH]4)c3c2)c1. The van der Waals surface area contributed by atoms with Crippen molar-refractivity contribution in [3.8, 4) is 33.8 Å². The molecule has 0 bridgehead atoms. The molecule has 0 aliphatic carbocycles. The Morgan fingerprint density at radius 1 is 0.949 bits per heavy atom. The van der Waals surface area contributed by atoms with E-state index < -0.39 is 0 Å². The molecular weight excluding hydrogens is 506 g/mol. The molecule has 5 aromatic heterocycles. The number of piperidine rings is 1. The minimum atomic E-state index is 0.0449. The number of nitrogens with zero attached hydrogens (tertiary/aromatic N) is 3. The number of carbonyl (C=O) groups is 1. The average molecular weight is 534 g/mol. The summed E-state index contributed by atoms with van der Waals surface area (Å²) in [6.07, 6.45) is 7.99. The summed E-state index contributed by atoms with van der Waals surface area (Å²) in [6, 6.07) is 14.4. The molecule has 4 N–H and O–H groups in total. The van der Waals surface area contributed by atoms with Crippen LogP contribution in [0.4, 0.5) is 5.69 Å². The number of benzene rings is 1. The molecule has 39 heavy (non-hydrogen) atoms. The number of aromatic nitrogens is 5. The second-order valence-electron chi connectivity index (χ2n) is 10.1. The van der Waals surface area contributed by atoms with Gasteiger partial charge in [0.25, 0.3) is 0 Å². The molecule has 9 heteroatoms. The van der Waals surface area contributed by atoms with Gasteiger partial charge in [-0.1, -0.05) is 6.07 Å². The minimum absolute atomic E-state index is 0.0449. The summed E-state index contributed by atoms with van der Waals surface area (Å²) in [5.41, 5.74) is 8.46. The molecule has 6 heterocycles. The van der Waals surface area contributed by atoms with E-state index in [1.807, 2.05) is 36.7 Å². The normalized spacial score (nSPS) is 14.3. The number of aromatic amines is 2. The number of H-pyrrole nitrogens is 2. The van der Waals surface area contributed by atoms with E-state index in [9.17, 15) is 4.79 Å². The van der Waals surface area contributed by atoms with Gasteiger partial charge in [0, 0.05) is 51.6 Å². The number of amides is 1. The number of anilines is 1. The molecule has 1 fully saturated rings. The van der Waals surface area contributed by atoms with Crippen LogP contribution in [-0.2, 0) is 4.79 Å². The summed E-state index contributed by atoms with van der Waals surface area (Å²) in [5, 5.41) is 20.5. The first-order valence-electron chi connectivity index (χ1n) is 13.2. The number of nitrogens with one attached hydrogen (secondary N) is 4. The van der Waals surface area contributed by atoms with E-state index in [1.165, 1.54) is 0 Å². The Kier molecular flexibility index (Phi) is 6.14. The van der Waals surface area contributed by atoms with Gasteiger partial charge in [-0.15, -0.1) is 0 Å². The minimum Gasteiger partial charge on any atom is -0.353 e. The number of carbonyl (C=O) groups excluding carboxylic acids is 1. The lowest BCUT2D eigenvalue weighted by Crippen LogP contribution is -2.30. The van der Waals surface area contributed by atoms with E-state index in [1.54, 1.807) is 17.5 Å². The summed E-state index contributed by atoms with van der Waals surface area (Å²) in [4.78, 5) is 25.2. The fraction of sp³-hybridized carbons (Fsp3) is 0.200. The first-order chi connectivity index (χ1) is 19.2. The monoisotopic (exact) mass is 533 g/mol. The van der Waals surface area contributed by atoms with Crippen molar-refractivity contribution in [1.82, 2.24) is 30.5 Å². The molecule has 1 aromatic carbocycles. The smallest absolute Gasteiger partial charge is 0.224 e. The molecule has 1 saturated heterocycles. The summed E-state index contributed by atoms with van der Waals surface area (Å²) in [5.74, 6) is 0.481. The molecule has 194 valence electrons. The predicted octanol–water partition coefficient (Wildman–Crippen LogP) is 6.22. The number of hydrogen-bond donors (Lipinski definition) is 4. The van der Waals surface area contributed by atoms with Gasteiger partial charge < -0.3 is 15.6 Å². The first kappa shape index (κ1) is 23.8. The topological polar surface area (TPSA) is 111 Å². The molecule has 6 aromatic rings. The lowest BCUT2D eigenvalue weighted by Gasteiger charge is -2.21. The van der Waals surface area contributed by atoms with Crippen LogP contribution in [0.25, 0.3) is 55.6 Å². The molecule has 1 aliphatic heterocycles. The predicted molar refractivity (Wildman–Crippen MR) is 157 cm³/mol. The van der Waals surface area contributed by atoms with Crippen LogP contribution in [0.5, 0.6) is 0 Å². The van der Waals surface area contributed by atoms with Gasteiger partial charge in [0.15, 0.2) is 0 Å². The highest BCUT2D eigenvalue weighted by Gasteiger charge is 2.18. The summed E-state index contributed by atoms with van der Waals surface area (Å²) in [7, 11) is 0. The van der Waals surface area contributed by atoms with Gasteiger partial charge >= 0.3 is 0 Å². The number of pyridine rings is 2. The molecule has 1 aliphatic rings. The van der Waals surface area contributed by atoms with Crippen LogP contribution in [0, 0.1) is 5.92 Å². The zero-order valence-corrected chi connectivity index (χ0v) is 22.0. The van der Waals surface area contributed by atoms with Gasteiger partial charge in [0.2, 0.25) is 5.91 Å². The van der Waals surface area contributed by atoms with Crippen molar-refractivity contribution in [2.45, 2.75) is 19.3 Å². The number of thiophene rings is 1. The Morgan fingerprint density at radius 2 is 1.85 bits per heavy atom. The maximum Gasteiger partial charge on any atom is 0.224 e. The molecule has 0 saturated carbocycles. The van der Waals surface area contributed by atoms with Crippen molar-refractivity contribution in [2.24, 2.45) is 5.92 Å². The molecule has 0 atom stereocenters. The molecular formula is C30H27N7OS. The summed E-state index contributed by atoms with van der Waals surface area (Å²) in [6.45, 7) is 1.97. The highest BCUT2D eigenvalue weighted by Crippen LogP contribution is 2.35. The summed E-state index contributed by atoms with van der Waals surface area (Å²) < 4.78 is 0. The highest BCUT2D eigenvalue weighted by molar-refractivity contribution is 7.08. The van der Waals surface area contributed by atoms with Crippen molar-refractivity contribution in [1.29, 1.82) is 0 Å². The van der Waals surface area contributed by atoms with Crippen molar-refractivity contribution in [2.75, 3.05) is 18.4 Å². The Labute approximate surface area is 228 Å². The molecule has 0 unspecified atom stereocenters. The molecule has 8 nitrogen and oxygen atoms in total. The second kappa shape index (κ2) is 10.1. The Hall–Kier alpha value is -4.34. The van der Waals surface area contributed by atoms with Crippen LogP contribution in [0.1, 0.15) is 19.3 Å². The number of rotatable bonds is 6. The van der Waals surface area contributed by atoms with E-state index in [4.69, 9.17) is 0 Å². The lowest BCUT2D eigenvalue weighted by atomic mass is 9.94. The van der Waals surface area contributed by atoms with Crippen molar-refractivity contribution >= 4 is 44.7 Å². The molecule has 1 amide bonds. The maximum absolute atomic E-state index is 12.7. The van der Waals surface area contributed by atoms with Crippen LogP contribution >= 0.6 is 11.3 Å². The van der Waals surface area contributed by atoms with Gasteiger partial charge in [0.1, 0.15) is 5.69 Å². The fourth-order valence-electron chi connectivity index (χ4n) is 5.44. The maximum atomic E-state index is 12.7. The van der Waals surface area contributed by atoms with Gasteiger partial charge in [0.05, 0.1) is 28.8 Å². The van der Waals surface area contributed by atoms with Gasteiger partial charge in [-0.05, 0) is 79.2 Å². The molecule has 7 rings (SSSR count). The molecule has 0 radical (unpaired) electrons. The van der Waals surface area contributed by atoms with Gasteiger partial charge in [-0.3, -0.25) is 19.9 Å². The largest absolute Gasteiger partial charge is 0.353 e. The third kappa shape index (κ3) is 4.71. The van der Waals surface area contributed by atoms with Crippen molar-refractivity contribution < 1.29 is 4.79 Å². The Morgan fingerprint density at radius 3 is 2.72 bits per heavy atom. The zero-order chi connectivity index (χ0) is 26.2. The first-order valence-corrected chi connectivity index (χ1v) is 14.1. The molecule has 0 spiro atoms. The van der Waals surface area contributed by atoms with Crippen LogP contribution in [-0.4, -0.2) is 44.1 Å². The lowest BCUT2D eigenvalue weighted by molar-refractivity contribution is -0.117.